The molecule has 0 spiro atoms. The number of aliphatic hydroxyl groups is 1. The minimum atomic E-state index is -0.935. The summed E-state index contributed by atoms with van der Waals surface area (Å²) in [6, 6.07) is 6.43. The van der Waals surface area contributed by atoms with Gasteiger partial charge in [0.15, 0.2) is 6.10 Å². The molecule has 5 heteroatoms. The first-order valence-corrected chi connectivity index (χ1v) is 7.12. The summed E-state index contributed by atoms with van der Waals surface area (Å²) in [5, 5.41) is 10.5. The summed E-state index contributed by atoms with van der Waals surface area (Å²) in [4.78, 5) is 13.9. The quantitative estimate of drug-likeness (QED) is 0.491. The number of anilines is 1. The molecule has 0 radical (unpaired) electrons. The van der Waals surface area contributed by atoms with E-state index in [1.165, 1.54) is 4.90 Å². The van der Waals surface area contributed by atoms with Crippen molar-refractivity contribution >= 4 is 11.6 Å². The average Bonchev–Trinajstić information content (AvgIpc) is 2.58. The van der Waals surface area contributed by atoms with Gasteiger partial charge in [0.1, 0.15) is 24.5 Å². The summed E-state index contributed by atoms with van der Waals surface area (Å²) in [5.41, 5.74) is 3.85. The molecule has 1 saturated heterocycles. The molecule has 0 aromatic heterocycles. The molecular formula is C18H19NO4. The zero-order valence-corrected chi connectivity index (χ0v) is 13.2. The highest BCUT2D eigenvalue weighted by Gasteiger charge is 2.52. The molecule has 0 unspecified atom stereocenters. The minimum Gasteiger partial charge on any atom is -0.497 e. The Kier molecular flexibility index (Phi) is 5.25. The fourth-order valence-corrected chi connectivity index (χ4v) is 2.50. The summed E-state index contributed by atoms with van der Waals surface area (Å²) in [6.45, 7) is 5.24. The average molecular weight is 313 g/mol. The molecule has 120 valence electrons. The SMILES string of the molecule is C#CCO[C@H]1C(=O)N(c2ccc(OC)cc2)[C@H]1[C@H](O)C(C)=C=C. The molecule has 1 aromatic carbocycles. The lowest BCUT2D eigenvalue weighted by molar-refractivity contribution is -0.144. The van der Waals surface area contributed by atoms with Gasteiger partial charge in [-0.15, -0.1) is 12.2 Å². The monoisotopic (exact) mass is 313 g/mol. The number of ether oxygens (including phenoxy) is 2. The number of carbonyl (C=O) groups is 1. The van der Waals surface area contributed by atoms with Crippen LogP contribution in [0, 0.1) is 12.3 Å². The second-order valence-electron chi connectivity index (χ2n) is 5.14. The Bertz CT molecular complexity index is 667. The highest BCUT2D eigenvalue weighted by molar-refractivity contribution is 6.05. The predicted octanol–water partition coefficient (Wildman–Crippen LogP) is 1.52. The van der Waals surface area contributed by atoms with Crippen molar-refractivity contribution in [3.63, 3.8) is 0 Å². The van der Waals surface area contributed by atoms with Crippen LogP contribution in [0.15, 0.2) is 42.1 Å². The number of aliphatic hydroxyl groups excluding tert-OH is 1. The third-order valence-electron chi connectivity index (χ3n) is 3.83. The number of nitrogens with zero attached hydrogens (tertiary/aromatic N) is 1. The van der Waals surface area contributed by atoms with Crippen molar-refractivity contribution in [2.24, 2.45) is 0 Å². The second-order valence-corrected chi connectivity index (χ2v) is 5.14. The molecule has 0 aliphatic carbocycles. The van der Waals surface area contributed by atoms with Crippen molar-refractivity contribution in [2.75, 3.05) is 18.6 Å². The lowest BCUT2D eigenvalue weighted by atomic mass is 9.88. The van der Waals surface area contributed by atoms with Crippen molar-refractivity contribution in [3.05, 3.63) is 42.1 Å². The number of methoxy groups -OCH3 is 1. The Hall–Kier alpha value is -2.51. The smallest absolute Gasteiger partial charge is 0.258 e. The van der Waals surface area contributed by atoms with Crippen molar-refractivity contribution in [1.29, 1.82) is 0 Å². The molecule has 1 amide bonds. The summed E-state index contributed by atoms with van der Waals surface area (Å²) in [5.74, 6) is 2.77. The lowest BCUT2D eigenvalue weighted by Crippen LogP contribution is -2.70. The van der Waals surface area contributed by atoms with Gasteiger partial charge in [-0.1, -0.05) is 12.5 Å². The van der Waals surface area contributed by atoms with Gasteiger partial charge in [0.25, 0.3) is 5.91 Å². The third-order valence-corrected chi connectivity index (χ3v) is 3.83. The van der Waals surface area contributed by atoms with Crippen LogP contribution < -0.4 is 9.64 Å². The van der Waals surface area contributed by atoms with Crippen LogP contribution >= 0.6 is 0 Å². The maximum Gasteiger partial charge on any atom is 0.258 e. The summed E-state index contributed by atoms with van der Waals surface area (Å²) in [6.07, 6.45) is 3.46. The van der Waals surface area contributed by atoms with Crippen molar-refractivity contribution < 1.29 is 19.4 Å². The first-order valence-electron chi connectivity index (χ1n) is 7.12. The predicted molar refractivity (Wildman–Crippen MR) is 87.2 cm³/mol. The number of β-lactam (4-membered cyclic amide) rings is 1. The van der Waals surface area contributed by atoms with E-state index in [0.717, 1.165) is 0 Å². The number of hydrogen-bond acceptors (Lipinski definition) is 4. The van der Waals surface area contributed by atoms with Crippen LogP contribution in [0.3, 0.4) is 0 Å². The number of benzene rings is 1. The van der Waals surface area contributed by atoms with Gasteiger partial charge in [-0.2, -0.15) is 0 Å². The van der Waals surface area contributed by atoms with Crippen LogP contribution in [0.1, 0.15) is 6.92 Å². The largest absolute Gasteiger partial charge is 0.497 e. The fourth-order valence-electron chi connectivity index (χ4n) is 2.50. The number of amides is 1. The molecule has 1 fully saturated rings. The maximum absolute atomic E-state index is 12.4. The number of carbonyl (C=O) groups excluding carboxylic acids is 1. The molecule has 1 aliphatic rings. The molecule has 5 nitrogen and oxygen atoms in total. The highest BCUT2D eigenvalue weighted by Crippen LogP contribution is 2.34. The van der Waals surface area contributed by atoms with Crippen LogP contribution in [0.5, 0.6) is 5.75 Å². The molecule has 2 rings (SSSR count). The normalized spacial score (nSPS) is 21.0. The van der Waals surface area contributed by atoms with Crippen LogP contribution in [-0.2, 0) is 9.53 Å². The van der Waals surface area contributed by atoms with E-state index in [-0.39, 0.29) is 12.5 Å². The third kappa shape index (κ3) is 3.15. The van der Waals surface area contributed by atoms with Gasteiger partial charge in [0.05, 0.1) is 7.11 Å². The van der Waals surface area contributed by atoms with Crippen molar-refractivity contribution in [1.82, 2.24) is 0 Å². The molecule has 1 aromatic rings. The molecule has 1 heterocycles. The Labute approximate surface area is 135 Å². The van der Waals surface area contributed by atoms with E-state index in [9.17, 15) is 9.90 Å². The van der Waals surface area contributed by atoms with E-state index in [4.69, 9.17) is 15.9 Å². The van der Waals surface area contributed by atoms with E-state index in [1.54, 1.807) is 38.3 Å². The fraction of sp³-hybridized carbons (Fsp3) is 0.333. The van der Waals surface area contributed by atoms with E-state index in [2.05, 4.69) is 18.2 Å². The lowest BCUT2D eigenvalue weighted by Gasteiger charge is -2.48. The summed E-state index contributed by atoms with van der Waals surface area (Å²) >= 11 is 0. The highest BCUT2D eigenvalue weighted by atomic mass is 16.5. The molecule has 3 atom stereocenters. The van der Waals surface area contributed by atoms with E-state index < -0.39 is 18.2 Å². The standard InChI is InChI=1S/C18H19NO4/c1-5-11-23-17-15(16(20)12(3)6-2)19(18(17)21)13-7-9-14(22-4)10-8-13/h1,7-10,15-17,20H,2,11H2,3-4H3/t15-,16+,17+/m0/s1. The van der Waals surface area contributed by atoms with Crippen LogP contribution in [-0.4, -0.2) is 43.0 Å². The zero-order chi connectivity index (χ0) is 17.0. The molecule has 23 heavy (non-hydrogen) atoms. The Morgan fingerprint density at radius 1 is 1.48 bits per heavy atom. The number of rotatable bonds is 6. The first kappa shape index (κ1) is 16.9. The van der Waals surface area contributed by atoms with Gasteiger partial charge in [-0.25, -0.2) is 0 Å². The molecule has 0 saturated carbocycles. The Morgan fingerprint density at radius 2 is 2.13 bits per heavy atom. The molecule has 0 bridgehead atoms. The van der Waals surface area contributed by atoms with Gasteiger partial charge < -0.3 is 19.5 Å². The number of terminal acetylenes is 1. The first-order chi connectivity index (χ1) is 11.0. The Morgan fingerprint density at radius 3 is 2.65 bits per heavy atom. The summed E-state index contributed by atoms with van der Waals surface area (Å²) in [7, 11) is 1.57. The van der Waals surface area contributed by atoms with Crippen molar-refractivity contribution in [3.8, 4) is 18.1 Å². The van der Waals surface area contributed by atoms with Gasteiger partial charge in [-0.05, 0) is 36.8 Å². The molecule has 1 N–H and O–H groups in total. The topological polar surface area (TPSA) is 59.0 Å². The Balaban J connectivity index is 2.30. The van der Waals surface area contributed by atoms with Crippen LogP contribution in [0.2, 0.25) is 0 Å². The molecular weight excluding hydrogens is 294 g/mol. The van der Waals surface area contributed by atoms with Crippen LogP contribution in [0.25, 0.3) is 0 Å². The van der Waals surface area contributed by atoms with Gasteiger partial charge in [-0.3, -0.25) is 4.79 Å². The minimum absolute atomic E-state index is 0.00688. The zero-order valence-electron chi connectivity index (χ0n) is 13.2. The van der Waals surface area contributed by atoms with Gasteiger partial charge >= 0.3 is 0 Å². The van der Waals surface area contributed by atoms with Crippen molar-refractivity contribution in [2.45, 2.75) is 25.2 Å². The van der Waals surface area contributed by atoms with Gasteiger partial charge in [0.2, 0.25) is 0 Å². The summed E-state index contributed by atoms with van der Waals surface area (Å²) < 4.78 is 10.5. The maximum atomic E-state index is 12.4. The number of hydrogen-bond donors (Lipinski definition) is 1. The van der Waals surface area contributed by atoms with Crippen LogP contribution in [0.4, 0.5) is 5.69 Å². The second kappa shape index (κ2) is 7.17. The van der Waals surface area contributed by atoms with Gasteiger partial charge in [0, 0.05) is 5.69 Å². The van der Waals surface area contributed by atoms with E-state index in [1.807, 2.05) is 0 Å². The van der Waals surface area contributed by atoms with E-state index >= 15 is 0 Å². The molecule has 1 aliphatic heterocycles. The van der Waals surface area contributed by atoms with E-state index in [0.29, 0.717) is 17.0 Å².